The highest BCUT2D eigenvalue weighted by molar-refractivity contribution is 9.08. The number of hydrogen-bond acceptors (Lipinski definition) is 0. The minimum Gasteiger partial charge on any atom is -0.203 e. The van der Waals surface area contributed by atoms with E-state index in [2.05, 4.69) is 15.9 Å². The van der Waals surface area contributed by atoms with Crippen LogP contribution in [0.2, 0.25) is 0 Å². The molecule has 0 spiro atoms. The van der Waals surface area contributed by atoms with Crippen molar-refractivity contribution in [3.05, 3.63) is 58.4 Å². The highest BCUT2D eigenvalue weighted by Gasteiger charge is 2.33. The zero-order chi connectivity index (χ0) is 17.5. The van der Waals surface area contributed by atoms with E-state index in [0.29, 0.717) is 12.1 Å². The van der Waals surface area contributed by atoms with Crippen LogP contribution in [0, 0.1) is 29.1 Å². The molecule has 124 valence electrons. The molecule has 0 saturated heterocycles. The second kappa shape index (κ2) is 6.10. The highest BCUT2D eigenvalue weighted by atomic mass is 79.9. The molecule has 0 nitrogen and oxygen atoms in total. The van der Waals surface area contributed by atoms with Gasteiger partial charge >= 0.3 is 6.18 Å². The lowest BCUT2D eigenvalue weighted by Gasteiger charge is -2.13. The molecule has 2 aromatic rings. The van der Waals surface area contributed by atoms with Gasteiger partial charge in [0.2, 0.25) is 5.82 Å². The van der Waals surface area contributed by atoms with Gasteiger partial charge in [0.15, 0.2) is 23.3 Å². The Hall–Kier alpha value is -1.64. The van der Waals surface area contributed by atoms with Crippen molar-refractivity contribution in [3.8, 4) is 11.1 Å². The number of benzene rings is 2. The smallest absolute Gasteiger partial charge is 0.203 e. The Balaban J connectivity index is 2.82. The van der Waals surface area contributed by atoms with Crippen molar-refractivity contribution in [3.63, 3.8) is 0 Å². The molecule has 0 saturated carbocycles. The van der Waals surface area contributed by atoms with Gasteiger partial charge in [0.05, 0.1) is 11.1 Å². The summed E-state index contributed by atoms with van der Waals surface area (Å²) < 4.78 is 105. The molecule has 0 atom stereocenters. The van der Waals surface area contributed by atoms with Gasteiger partial charge in [-0.3, -0.25) is 0 Å². The molecule has 0 aliphatic carbocycles. The first kappa shape index (κ1) is 17.7. The van der Waals surface area contributed by atoms with Crippen molar-refractivity contribution in [2.24, 2.45) is 0 Å². The monoisotopic (exact) mass is 404 g/mol. The van der Waals surface area contributed by atoms with Crippen molar-refractivity contribution in [2.75, 3.05) is 0 Å². The quantitative estimate of drug-likeness (QED) is 0.250. The van der Waals surface area contributed by atoms with E-state index in [9.17, 15) is 35.1 Å². The minimum atomic E-state index is -4.85. The Morgan fingerprint density at radius 2 is 1.22 bits per heavy atom. The molecule has 0 radical (unpaired) electrons. The maximum atomic E-state index is 13.7. The Labute approximate surface area is 132 Å². The summed E-state index contributed by atoms with van der Waals surface area (Å²) in [6.45, 7) is 0. The van der Waals surface area contributed by atoms with Gasteiger partial charge in [0, 0.05) is 5.33 Å². The summed E-state index contributed by atoms with van der Waals surface area (Å²) >= 11 is 2.88. The fraction of sp³-hybridized carbons (Fsp3) is 0.143. The molecular formula is C14H5BrF8. The van der Waals surface area contributed by atoms with Crippen LogP contribution in [0.15, 0.2) is 18.2 Å². The van der Waals surface area contributed by atoms with Crippen LogP contribution in [0.5, 0.6) is 0 Å². The van der Waals surface area contributed by atoms with Crippen molar-refractivity contribution in [1.29, 1.82) is 0 Å². The lowest BCUT2D eigenvalue weighted by atomic mass is 9.98. The molecule has 0 aliphatic rings. The van der Waals surface area contributed by atoms with Crippen LogP contribution >= 0.6 is 15.9 Å². The molecule has 0 fully saturated rings. The molecule has 0 aliphatic heterocycles. The van der Waals surface area contributed by atoms with Gasteiger partial charge in [-0.2, -0.15) is 13.2 Å². The topological polar surface area (TPSA) is 0 Å². The van der Waals surface area contributed by atoms with E-state index in [1.54, 1.807) is 0 Å². The average molecular weight is 405 g/mol. The van der Waals surface area contributed by atoms with Gasteiger partial charge in [-0.15, -0.1) is 0 Å². The second-order valence-electron chi connectivity index (χ2n) is 4.49. The molecular weight excluding hydrogens is 400 g/mol. The van der Waals surface area contributed by atoms with Crippen molar-refractivity contribution in [1.82, 2.24) is 0 Å². The number of rotatable bonds is 2. The molecule has 2 rings (SSSR count). The average Bonchev–Trinajstić information content (AvgIpc) is 2.50. The van der Waals surface area contributed by atoms with Crippen LogP contribution in [0.4, 0.5) is 35.1 Å². The van der Waals surface area contributed by atoms with E-state index < -0.39 is 52.0 Å². The van der Waals surface area contributed by atoms with E-state index in [-0.39, 0.29) is 10.9 Å². The zero-order valence-corrected chi connectivity index (χ0v) is 12.4. The molecule has 0 aromatic heterocycles. The van der Waals surface area contributed by atoms with Crippen molar-refractivity contribution in [2.45, 2.75) is 11.5 Å². The fourth-order valence-corrected chi connectivity index (χ4v) is 2.26. The lowest BCUT2D eigenvalue weighted by Crippen LogP contribution is -2.08. The molecule has 0 unspecified atom stereocenters. The zero-order valence-electron chi connectivity index (χ0n) is 10.8. The van der Waals surface area contributed by atoms with Crippen LogP contribution in [0.25, 0.3) is 11.1 Å². The third kappa shape index (κ3) is 3.19. The summed E-state index contributed by atoms with van der Waals surface area (Å²) in [6, 6.07) is 1.93. The van der Waals surface area contributed by atoms with Gasteiger partial charge in [-0.1, -0.05) is 22.0 Å². The molecule has 0 N–H and O–H groups in total. The SMILES string of the molecule is Fc1c(F)c(F)c(-c2cc(CBr)cc(C(F)(F)F)c2)c(F)c1F. The highest BCUT2D eigenvalue weighted by Crippen LogP contribution is 2.37. The Morgan fingerprint density at radius 1 is 0.739 bits per heavy atom. The summed E-state index contributed by atoms with van der Waals surface area (Å²) in [7, 11) is 0. The Bertz CT molecular complexity index is 737. The first-order valence-electron chi connectivity index (χ1n) is 5.86. The molecule has 0 amide bonds. The first-order chi connectivity index (χ1) is 10.6. The van der Waals surface area contributed by atoms with Gasteiger partial charge in [-0.05, 0) is 23.3 Å². The summed E-state index contributed by atoms with van der Waals surface area (Å²) in [5.74, 6) is -11.2. The summed E-state index contributed by atoms with van der Waals surface area (Å²) in [4.78, 5) is 0. The Kier molecular flexibility index (Phi) is 4.70. The van der Waals surface area contributed by atoms with Crippen molar-refractivity contribution >= 4 is 15.9 Å². The summed E-state index contributed by atoms with van der Waals surface area (Å²) in [6.07, 6.45) is -4.85. The van der Waals surface area contributed by atoms with E-state index >= 15 is 0 Å². The van der Waals surface area contributed by atoms with Crippen LogP contribution in [0.3, 0.4) is 0 Å². The lowest BCUT2D eigenvalue weighted by molar-refractivity contribution is -0.137. The van der Waals surface area contributed by atoms with Crippen LogP contribution < -0.4 is 0 Å². The van der Waals surface area contributed by atoms with Gasteiger partial charge in [-0.25, -0.2) is 22.0 Å². The molecule has 2 aromatic carbocycles. The minimum absolute atomic E-state index is 0.0428. The normalized spacial score (nSPS) is 11.9. The molecule has 23 heavy (non-hydrogen) atoms. The largest absolute Gasteiger partial charge is 0.416 e. The second-order valence-corrected chi connectivity index (χ2v) is 5.06. The van der Waals surface area contributed by atoms with Crippen LogP contribution in [-0.2, 0) is 11.5 Å². The van der Waals surface area contributed by atoms with E-state index in [0.717, 1.165) is 6.07 Å². The molecule has 9 heteroatoms. The summed E-state index contributed by atoms with van der Waals surface area (Å²) in [5.41, 5.74) is -3.48. The maximum absolute atomic E-state index is 13.7. The van der Waals surface area contributed by atoms with Gasteiger partial charge in [0.1, 0.15) is 0 Å². The summed E-state index contributed by atoms with van der Waals surface area (Å²) in [5, 5.41) is -0.112. The fourth-order valence-electron chi connectivity index (χ4n) is 1.94. The molecule has 0 bridgehead atoms. The third-order valence-corrected chi connectivity index (χ3v) is 3.62. The van der Waals surface area contributed by atoms with Crippen LogP contribution in [0.1, 0.15) is 11.1 Å². The standard InChI is InChI=1S/C14H5BrF8/c15-4-5-1-6(3-7(2-5)14(21,22)23)8-9(16)11(18)13(20)12(19)10(8)17/h1-3H,4H2. The third-order valence-electron chi connectivity index (χ3n) is 2.97. The van der Waals surface area contributed by atoms with E-state index in [1.165, 1.54) is 0 Å². The van der Waals surface area contributed by atoms with Gasteiger partial charge in [0.25, 0.3) is 0 Å². The van der Waals surface area contributed by atoms with E-state index in [1.807, 2.05) is 0 Å². The van der Waals surface area contributed by atoms with E-state index in [4.69, 9.17) is 0 Å². The van der Waals surface area contributed by atoms with Crippen LogP contribution in [-0.4, -0.2) is 0 Å². The maximum Gasteiger partial charge on any atom is 0.416 e. The number of halogens is 9. The molecule has 0 heterocycles. The first-order valence-corrected chi connectivity index (χ1v) is 6.99. The van der Waals surface area contributed by atoms with Crippen molar-refractivity contribution < 1.29 is 35.1 Å². The Morgan fingerprint density at radius 3 is 1.65 bits per heavy atom. The van der Waals surface area contributed by atoms with Gasteiger partial charge < -0.3 is 0 Å². The predicted molar refractivity (Wildman–Crippen MR) is 69.3 cm³/mol. The predicted octanol–water partition coefficient (Wildman–Crippen LogP) is 5.96. The number of hydrogen-bond donors (Lipinski definition) is 0. The number of alkyl halides is 4.